The Kier molecular flexibility index (Phi) is 2.89. The second-order valence-electron chi connectivity index (χ2n) is 1.00. The normalized spacial score (nSPS) is 13.6. The minimum atomic E-state index is -5.31. The van der Waals surface area contributed by atoms with Gasteiger partial charge in [-0.3, -0.25) is 0 Å². The summed E-state index contributed by atoms with van der Waals surface area (Å²) < 4.78 is 57.6. The van der Waals surface area contributed by atoms with Gasteiger partial charge in [0.15, 0.2) is 0 Å². The van der Waals surface area contributed by atoms with Gasteiger partial charge in [0.25, 0.3) is 0 Å². The number of rotatable bonds is 2. The maximum absolute atomic E-state index is 11.0. The molecule has 0 amide bonds. The van der Waals surface area contributed by atoms with Crippen LogP contribution in [0.4, 0.5) is 13.2 Å². The van der Waals surface area contributed by atoms with Crippen molar-refractivity contribution in [3.05, 3.63) is 0 Å². The van der Waals surface area contributed by atoms with Gasteiger partial charge in [-0.2, -0.15) is 8.42 Å². The van der Waals surface area contributed by atoms with Gasteiger partial charge >= 0.3 is 16.8 Å². The van der Waals surface area contributed by atoms with Crippen LogP contribution in [0.5, 0.6) is 0 Å². The molecule has 0 spiro atoms. The first-order chi connectivity index (χ1) is 4.27. The quantitative estimate of drug-likeness (QED) is 0.666. The highest BCUT2D eigenvalue weighted by molar-refractivity contribution is 7.82. The largest absolute Gasteiger partial charge is 0.538 e. The summed E-state index contributed by atoms with van der Waals surface area (Å²) in [5, 5.41) is 0. The predicted octanol–water partition coefficient (Wildman–Crippen LogP) is 0.938. The summed E-state index contributed by atoms with van der Waals surface area (Å²) in [4.78, 5) is 0. The molecule has 0 atom stereocenters. The highest BCUT2D eigenvalue weighted by Crippen LogP contribution is 2.20. The second kappa shape index (κ2) is 2.91. The van der Waals surface area contributed by atoms with Crippen molar-refractivity contribution in [1.29, 1.82) is 0 Å². The molecule has 0 aromatic rings. The molecule has 0 aliphatic rings. The van der Waals surface area contributed by atoms with E-state index < -0.39 is 16.8 Å². The number of alkyl halides is 3. The van der Waals surface area contributed by atoms with E-state index in [1.54, 1.807) is 0 Å². The van der Waals surface area contributed by atoms with Crippen LogP contribution in [-0.2, 0) is 18.3 Å². The molecule has 4 nitrogen and oxygen atoms in total. The fourth-order valence-corrected chi connectivity index (χ4v) is 0.463. The zero-order chi connectivity index (χ0) is 8.41. The van der Waals surface area contributed by atoms with E-state index in [0.717, 1.165) is 0 Å². The van der Waals surface area contributed by atoms with Gasteiger partial charge in [0.05, 0.1) is 11.9 Å². The van der Waals surface area contributed by atoms with E-state index in [9.17, 15) is 21.6 Å². The molecule has 0 radical (unpaired) electrons. The van der Waals surface area contributed by atoms with E-state index in [2.05, 4.69) is 19.8 Å². The molecule has 0 aromatic carbocycles. The summed E-state index contributed by atoms with van der Waals surface area (Å²) in [6.07, 6.45) is -5.31. The molecular weight excluding hydrogens is 201 g/mol. The van der Waals surface area contributed by atoms with Crippen LogP contribution >= 0.6 is 11.9 Å². The fourth-order valence-electron chi connectivity index (χ4n) is 0.129. The molecule has 0 saturated carbocycles. The van der Waals surface area contributed by atoms with Crippen LogP contribution < -0.4 is 0 Å². The summed E-state index contributed by atoms with van der Waals surface area (Å²) in [6, 6.07) is 0. The van der Waals surface area contributed by atoms with E-state index in [0.29, 0.717) is 0 Å². The zero-order valence-corrected chi connectivity index (χ0v) is 5.63. The third kappa shape index (κ3) is 4.79. The lowest BCUT2D eigenvalue weighted by Gasteiger charge is -2.02. The Morgan fingerprint density at radius 2 is 1.70 bits per heavy atom. The predicted molar refractivity (Wildman–Crippen MR) is 23.0 cm³/mol. The molecular formula is CClF3O4S. The Balaban J connectivity index is 4.18. The molecule has 0 bridgehead atoms. The maximum Gasteiger partial charge on any atom is 0.538 e. The molecule has 0 unspecified atom stereocenters. The van der Waals surface area contributed by atoms with Gasteiger partial charge in [-0.15, -0.1) is 21.1 Å². The Labute approximate surface area is 59.0 Å². The van der Waals surface area contributed by atoms with Crippen molar-refractivity contribution in [2.45, 2.75) is 6.36 Å². The fraction of sp³-hybridized carbons (Fsp3) is 1.00. The van der Waals surface area contributed by atoms with Crippen LogP contribution in [0.25, 0.3) is 0 Å². The topological polar surface area (TPSA) is 52.6 Å². The molecule has 0 saturated heterocycles. The number of hydrogen-bond donors (Lipinski definition) is 0. The summed E-state index contributed by atoms with van der Waals surface area (Å²) in [6.45, 7) is 0. The van der Waals surface area contributed by atoms with Crippen LogP contribution in [0, 0.1) is 0 Å². The van der Waals surface area contributed by atoms with Crippen LogP contribution in [0.1, 0.15) is 0 Å². The molecule has 9 heteroatoms. The monoisotopic (exact) mass is 200 g/mol. The van der Waals surface area contributed by atoms with Crippen molar-refractivity contribution in [3.63, 3.8) is 0 Å². The zero-order valence-electron chi connectivity index (χ0n) is 4.05. The van der Waals surface area contributed by atoms with Crippen molar-refractivity contribution < 1.29 is 29.5 Å². The van der Waals surface area contributed by atoms with Crippen LogP contribution in [0.3, 0.4) is 0 Å². The summed E-state index contributed by atoms with van der Waals surface area (Å²) in [5.41, 5.74) is 0. The lowest BCUT2D eigenvalue weighted by Crippen LogP contribution is -2.19. The van der Waals surface area contributed by atoms with Crippen LogP contribution in [0.2, 0.25) is 0 Å². The molecule has 62 valence electrons. The maximum atomic E-state index is 11.0. The van der Waals surface area contributed by atoms with Crippen molar-refractivity contribution in [1.82, 2.24) is 0 Å². The van der Waals surface area contributed by atoms with Gasteiger partial charge in [0, 0.05) is 0 Å². The van der Waals surface area contributed by atoms with E-state index in [4.69, 9.17) is 0 Å². The summed E-state index contributed by atoms with van der Waals surface area (Å²) in [5.74, 6) is 0. The first-order valence-corrected chi connectivity index (χ1v) is 3.23. The van der Waals surface area contributed by atoms with Crippen molar-refractivity contribution in [3.8, 4) is 0 Å². The standard InChI is InChI=1S/CClF3O4S/c2-9-10(6,7)8-1(3,4)5. The minimum absolute atomic E-state index is 2.39. The lowest BCUT2D eigenvalue weighted by molar-refractivity contribution is -0.274. The average molecular weight is 201 g/mol. The van der Waals surface area contributed by atoms with Gasteiger partial charge in [0.1, 0.15) is 0 Å². The van der Waals surface area contributed by atoms with Gasteiger partial charge in [0.2, 0.25) is 0 Å². The molecule has 0 N–H and O–H groups in total. The third-order valence-corrected chi connectivity index (χ3v) is 1.28. The average Bonchev–Trinajstić information content (AvgIpc) is 1.60. The number of halogens is 4. The Bertz CT molecular complexity index is 193. The second-order valence-corrected chi connectivity index (χ2v) is 2.49. The van der Waals surface area contributed by atoms with Crippen molar-refractivity contribution in [2.75, 3.05) is 0 Å². The molecule has 0 aliphatic heterocycles. The Morgan fingerprint density at radius 1 is 1.30 bits per heavy atom. The molecule has 0 fully saturated rings. The molecule has 0 aromatic heterocycles. The van der Waals surface area contributed by atoms with E-state index in [1.807, 2.05) is 0 Å². The van der Waals surface area contributed by atoms with Gasteiger partial charge in [-0.25, -0.2) is 0 Å². The summed E-state index contributed by atoms with van der Waals surface area (Å²) >= 11 is 4.09. The molecule has 10 heavy (non-hydrogen) atoms. The summed E-state index contributed by atoms with van der Waals surface area (Å²) in [7, 11) is -5.14. The lowest BCUT2D eigenvalue weighted by atomic mass is 11.4. The Hall–Kier alpha value is -0.0500. The van der Waals surface area contributed by atoms with Gasteiger partial charge < -0.3 is 0 Å². The SMILES string of the molecule is O=S(=O)(OCl)OC(F)(F)F. The first-order valence-electron chi connectivity index (χ1n) is 1.59. The minimum Gasteiger partial charge on any atom is -0.167 e. The van der Waals surface area contributed by atoms with Crippen molar-refractivity contribution >= 4 is 22.3 Å². The number of hydrogen-bond acceptors (Lipinski definition) is 4. The van der Waals surface area contributed by atoms with E-state index in [1.165, 1.54) is 0 Å². The van der Waals surface area contributed by atoms with E-state index >= 15 is 0 Å². The molecule has 0 aliphatic carbocycles. The third-order valence-electron chi connectivity index (χ3n) is 0.274. The van der Waals surface area contributed by atoms with E-state index in [-0.39, 0.29) is 0 Å². The van der Waals surface area contributed by atoms with Crippen molar-refractivity contribution in [2.24, 2.45) is 0 Å². The first kappa shape index (κ1) is 9.95. The van der Waals surface area contributed by atoms with Crippen LogP contribution in [0.15, 0.2) is 0 Å². The highest BCUT2D eigenvalue weighted by Gasteiger charge is 2.37. The van der Waals surface area contributed by atoms with Gasteiger partial charge in [-0.1, -0.05) is 0 Å². The smallest absolute Gasteiger partial charge is 0.167 e. The Morgan fingerprint density at radius 3 is 1.80 bits per heavy atom. The van der Waals surface area contributed by atoms with Gasteiger partial charge in [-0.05, 0) is 0 Å². The van der Waals surface area contributed by atoms with Crippen LogP contribution in [-0.4, -0.2) is 14.8 Å². The molecule has 0 rings (SSSR count). The molecule has 0 heterocycles. The highest BCUT2D eigenvalue weighted by atomic mass is 35.5.